The van der Waals surface area contributed by atoms with Crippen LogP contribution in [0.2, 0.25) is 0 Å². The molecule has 1 aromatic heterocycles. The summed E-state index contributed by atoms with van der Waals surface area (Å²) in [4.78, 5) is 26.0. The summed E-state index contributed by atoms with van der Waals surface area (Å²) in [6.07, 6.45) is 1.24. The summed E-state index contributed by atoms with van der Waals surface area (Å²) in [5.41, 5.74) is 5.51. The topological polar surface area (TPSA) is 73.2 Å². The molecule has 0 saturated heterocycles. The lowest BCUT2D eigenvalue weighted by atomic mass is 9.68. The zero-order valence-electron chi connectivity index (χ0n) is 17.3. The molecule has 3 rings (SSSR count). The summed E-state index contributed by atoms with van der Waals surface area (Å²) in [6, 6.07) is 0. The van der Waals surface area contributed by atoms with Crippen molar-refractivity contribution in [1.29, 1.82) is 0 Å². The van der Waals surface area contributed by atoms with Crippen molar-refractivity contribution in [2.45, 2.75) is 60.3 Å². The number of hydrogen-bond donors (Lipinski definition) is 1. The van der Waals surface area contributed by atoms with Gasteiger partial charge in [-0.3, -0.25) is 9.48 Å². The SMILES string of the molecule is CCOC(=O)C1=C(C)NC2=C(C(=O)CC(C)(C)C2)[C@H]1c1c(C)nn(C)c1C. The second-order valence-electron chi connectivity index (χ2n) is 8.36. The molecule has 27 heavy (non-hydrogen) atoms. The van der Waals surface area contributed by atoms with Crippen LogP contribution in [0.3, 0.4) is 0 Å². The molecule has 0 amide bonds. The van der Waals surface area contributed by atoms with Crippen molar-refractivity contribution in [2.24, 2.45) is 12.5 Å². The van der Waals surface area contributed by atoms with E-state index in [-0.39, 0.29) is 17.2 Å². The van der Waals surface area contributed by atoms with Crippen LogP contribution in [0.25, 0.3) is 0 Å². The molecular formula is C21H29N3O3. The highest BCUT2D eigenvalue weighted by Gasteiger charge is 2.44. The van der Waals surface area contributed by atoms with Gasteiger partial charge in [0.05, 0.1) is 23.8 Å². The van der Waals surface area contributed by atoms with Crippen molar-refractivity contribution in [3.8, 4) is 0 Å². The van der Waals surface area contributed by atoms with Crippen molar-refractivity contribution < 1.29 is 14.3 Å². The first-order valence-corrected chi connectivity index (χ1v) is 9.48. The highest BCUT2D eigenvalue weighted by molar-refractivity contribution is 6.04. The third kappa shape index (κ3) is 3.22. The second kappa shape index (κ2) is 6.66. The molecule has 0 bridgehead atoms. The molecule has 2 heterocycles. The Kier molecular flexibility index (Phi) is 4.78. The van der Waals surface area contributed by atoms with Gasteiger partial charge in [0, 0.05) is 41.7 Å². The van der Waals surface area contributed by atoms with E-state index < -0.39 is 5.92 Å². The van der Waals surface area contributed by atoms with E-state index in [1.165, 1.54) is 0 Å². The number of aryl methyl sites for hydroxylation is 2. The molecule has 0 unspecified atom stereocenters. The first-order chi connectivity index (χ1) is 12.6. The Balaban J connectivity index is 2.26. The number of carbonyl (C=O) groups is 2. The van der Waals surface area contributed by atoms with Crippen LogP contribution in [-0.4, -0.2) is 28.1 Å². The first kappa shape index (κ1) is 19.4. The Morgan fingerprint density at radius 3 is 2.52 bits per heavy atom. The number of esters is 1. The van der Waals surface area contributed by atoms with E-state index in [1.807, 2.05) is 32.5 Å². The number of allylic oxidation sites excluding steroid dienone is 3. The van der Waals surface area contributed by atoms with Crippen molar-refractivity contribution in [3.05, 3.63) is 39.5 Å². The first-order valence-electron chi connectivity index (χ1n) is 9.48. The number of ether oxygens (including phenoxy) is 1. The standard InChI is InChI=1S/C21H29N3O3/c1-8-27-20(26)17-11(2)22-14-9-21(5,6)10-15(25)18(14)19(17)16-12(3)23-24(7)13(16)4/h19,22H,8-10H2,1-7H3/t19-/m0/s1. The molecule has 0 aromatic carbocycles. The van der Waals surface area contributed by atoms with Gasteiger partial charge in [0.15, 0.2) is 5.78 Å². The molecular weight excluding hydrogens is 342 g/mol. The molecule has 1 aromatic rings. The van der Waals surface area contributed by atoms with Crippen LogP contribution >= 0.6 is 0 Å². The van der Waals surface area contributed by atoms with Crippen LogP contribution in [0.1, 0.15) is 63.4 Å². The van der Waals surface area contributed by atoms with E-state index in [9.17, 15) is 9.59 Å². The zero-order chi connectivity index (χ0) is 20.1. The molecule has 0 radical (unpaired) electrons. The monoisotopic (exact) mass is 371 g/mol. The number of hydrogen-bond acceptors (Lipinski definition) is 5. The molecule has 1 aliphatic heterocycles. The number of rotatable bonds is 3. The maximum absolute atomic E-state index is 13.2. The molecule has 6 nitrogen and oxygen atoms in total. The van der Waals surface area contributed by atoms with Gasteiger partial charge < -0.3 is 10.1 Å². The number of carbonyl (C=O) groups excluding carboxylic acids is 2. The molecule has 1 aliphatic carbocycles. The fraction of sp³-hybridized carbons (Fsp3) is 0.571. The summed E-state index contributed by atoms with van der Waals surface area (Å²) in [6.45, 7) is 12.1. The Hall–Kier alpha value is -2.37. The maximum atomic E-state index is 13.2. The highest BCUT2D eigenvalue weighted by Crippen LogP contribution is 2.47. The van der Waals surface area contributed by atoms with E-state index in [0.717, 1.165) is 34.8 Å². The van der Waals surface area contributed by atoms with Gasteiger partial charge in [0.25, 0.3) is 0 Å². The van der Waals surface area contributed by atoms with Crippen molar-refractivity contribution in [1.82, 2.24) is 15.1 Å². The number of nitrogens with zero attached hydrogens (tertiary/aromatic N) is 2. The molecule has 6 heteroatoms. The smallest absolute Gasteiger partial charge is 0.336 e. The molecule has 1 atom stereocenters. The van der Waals surface area contributed by atoms with Crippen LogP contribution in [-0.2, 0) is 21.4 Å². The predicted octanol–water partition coefficient (Wildman–Crippen LogP) is 3.20. The van der Waals surface area contributed by atoms with Crippen molar-refractivity contribution in [3.63, 3.8) is 0 Å². The van der Waals surface area contributed by atoms with Gasteiger partial charge in [0.1, 0.15) is 0 Å². The number of dihydropyridines is 1. The molecule has 146 valence electrons. The van der Waals surface area contributed by atoms with E-state index in [4.69, 9.17) is 4.74 Å². The average Bonchev–Trinajstić information content (AvgIpc) is 2.77. The van der Waals surface area contributed by atoms with E-state index in [0.29, 0.717) is 24.2 Å². The third-order valence-electron chi connectivity index (χ3n) is 5.59. The fourth-order valence-corrected chi connectivity index (χ4v) is 4.41. The Morgan fingerprint density at radius 2 is 1.96 bits per heavy atom. The summed E-state index contributed by atoms with van der Waals surface area (Å²) in [5, 5.41) is 7.88. The minimum absolute atomic E-state index is 0.0932. The Morgan fingerprint density at radius 1 is 1.30 bits per heavy atom. The van der Waals surface area contributed by atoms with E-state index in [1.54, 1.807) is 6.92 Å². The number of ketones is 1. The average molecular weight is 371 g/mol. The number of aromatic nitrogens is 2. The lowest BCUT2D eigenvalue weighted by Gasteiger charge is -2.39. The molecule has 2 aliphatic rings. The van der Waals surface area contributed by atoms with Gasteiger partial charge in [-0.25, -0.2) is 4.79 Å². The van der Waals surface area contributed by atoms with Crippen LogP contribution in [0.15, 0.2) is 22.5 Å². The summed E-state index contributed by atoms with van der Waals surface area (Å²) < 4.78 is 7.16. The Bertz CT molecular complexity index is 887. The van der Waals surface area contributed by atoms with Gasteiger partial charge in [-0.15, -0.1) is 0 Å². The lowest BCUT2D eigenvalue weighted by molar-refractivity contribution is -0.138. The van der Waals surface area contributed by atoms with Crippen molar-refractivity contribution >= 4 is 11.8 Å². The minimum Gasteiger partial charge on any atom is -0.463 e. The van der Waals surface area contributed by atoms with Crippen LogP contribution < -0.4 is 5.32 Å². The van der Waals surface area contributed by atoms with E-state index >= 15 is 0 Å². The van der Waals surface area contributed by atoms with Gasteiger partial charge in [0.2, 0.25) is 0 Å². The summed E-state index contributed by atoms with van der Waals surface area (Å²) in [7, 11) is 1.88. The summed E-state index contributed by atoms with van der Waals surface area (Å²) in [5.74, 6) is -0.715. The van der Waals surface area contributed by atoms with Gasteiger partial charge in [-0.05, 0) is 39.5 Å². The summed E-state index contributed by atoms with van der Waals surface area (Å²) >= 11 is 0. The molecule has 0 fully saturated rings. The fourth-order valence-electron chi connectivity index (χ4n) is 4.41. The molecule has 0 spiro atoms. The maximum Gasteiger partial charge on any atom is 0.336 e. The van der Waals surface area contributed by atoms with Crippen LogP contribution in [0.4, 0.5) is 0 Å². The highest BCUT2D eigenvalue weighted by atomic mass is 16.5. The Labute approximate surface area is 160 Å². The largest absolute Gasteiger partial charge is 0.463 e. The normalized spacial score (nSPS) is 21.9. The van der Waals surface area contributed by atoms with Crippen molar-refractivity contribution in [2.75, 3.05) is 6.61 Å². The third-order valence-corrected chi connectivity index (χ3v) is 5.59. The van der Waals surface area contributed by atoms with Gasteiger partial charge in [-0.1, -0.05) is 13.8 Å². The minimum atomic E-state index is -0.433. The number of nitrogens with one attached hydrogen (secondary N) is 1. The predicted molar refractivity (Wildman–Crippen MR) is 103 cm³/mol. The lowest BCUT2D eigenvalue weighted by Crippen LogP contribution is -2.39. The van der Waals surface area contributed by atoms with Crippen LogP contribution in [0.5, 0.6) is 0 Å². The molecule has 0 saturated carbocycles. The van der Waals surface area contributed by atoms with E-state index in [2.05, 4.69) is 24.3 Å². The zero-order valence-corrected chi connectivity index (χ0v) is 17.3. The number of Topliss-reactive ketones (excluding diaryl/α,β-unsaturated/α-hetero) is 1. The quantitative estimate of drug-likeness (QED) is 0.826. The van der Waals surface area contributed by atoms with Gasteiger partial charge >= 0.3 is 5.97 Å². The van der Waals surface area contributed by atoms with Gasteiger partial charge in [-0.2, -0.15) is 5.10 Å². The molecule has 1 N–H and O–H groups in total. The second-order valence-corrected chi connectivity index (χ2v) is 8.36. The van der Waals surface area contributed by atoms with Crippen LogP contribution in [0, 0.1) is 19.3 Å².